The maximum atomic E-state index is 13.6. The van der Waals surface area contributed by atoms with E-state index in [2.05, 4.69) is 5.32 Å². The highest BCUT2D eigenvalue weighted by molar-refractivity contribution is 5.36. The third kappa shape index (κ3) is 3.55. The Morgan fingerprint density at radius 3 is 2.38 bits per heavy atom. The van der Waals surface area contributed by atoms with E-state index in [1.54, 1.807) is 13.1 Å². The zero-order chi connectivity index (χ0) is 15.4. The normalized spacial score (nSPS) is 12.2. The first-order valence-electron chi connectivity index (χ1n) is 6.55. The molecule has 0 aliphatic carbocycles. The molecule has 0 heterocycles. The van der Waals surface area contributed by atoms with Gasteiger partial charge in [-0.25, -0.2) is 13.2 Å². The van der Waals surface area contributed by atoms with Gasteiger partial charge in [0.25, 0.3) is 0 Å². The second kappa shape index (κ2) is 6.63. The van der Waals surface area contributed by atoms with Gasteiger partial charge in [0.05, 0.1) is 5.56 Å². The predicted octanol–water partition coefficient (Wildman–Crippen LogP) is 3.96. The van der Waals surface area contributed by atoms with Crippen LogP contribution in [0.2, 0.25) is 0 Å². The molecule has 5 heteroatoms. The van der Waals surface area contributed by atoms with Crippen molar-refractivity contribution in [3.05, 3.63) is 65.0 Å². The van der Waals surface area contributed by atoms with Gasteiger partial charge in [-0.1, -0.05) is 12.1 Å². The predicted molar refractivity (Wildman–Crippen MR) is 74.6 cm³/mol. The maximum absolute atomic E-state index is 13.6. The molecule has 112 valence electrons. The van der Waals surface area contributed by atoms with E-state index >= 15 is 0 Å². The molecular formula is C16H16F3NO. The summed E-state index contributed by atoms with van der Waals surface area (Å²) in [5.41, 5.74) is 0.542. The van der Waals surface area contributed by atoms with Gasteiger partial charge in [-0.15, -0.1) is 0 Å². The van der Waals surface area contributed by atoms with Gasteiger partial charge in [0.2, 0.25) is 0 Å². The lowest BCUT2D eigenvalue weighted by Crippen LogP contribution is -2.14. The van der Waals surface area contributed by atoms with Gasteiger partial charge in [-0.2, -0.15) is 0 Å². The first-order valence-corrected chi connectivity index (χ1v) is 6.55. The van der Waals surface area contributed by atoms with Crippen LogP contribution in [-0.2, 0) is 6.61 Å². The smallest absolute Gasteiger partial charge is 0.132 e. The largest absolute Gasteiger partial charge is 0.488 e. The van der Waals surface area contributed by atoms with Crippen molar-refractivity contribution >= 4 is 0 Å². The van der Waals surface area contributed by atoms with Gasteiger partial charge in [0, 0.05) is 17.7 Å². The molecule has 2 aromatic carbocycles. The summed E-state index contributed by atoms with van der Waals surface area (Å²) >= 11 is 0. The molecule has 1 atom stereocenters. The molecule has 0 aliphatic rings. The zero-order valence-electron chi connectivity index (χ0n) is 11.8. The average Bonchev–Trinajstić information content (AvgIpc) is 2.46. The number of benzene rings is 2. The molecular weight excluding hydrogens is 279 g/mol. The molecule has 2 rings (SSSR count). The Hall–Kier alpha value is -2.01. The van der Waals surface area contributed by atoms with Crippen LogP contribution in [0.25, 0.3) is 0 Å². The monoisotopic (exact) mass is 295 g/mol. The average molecular weight is 295 g/mol. The second-order valence-electron chi connectivity index (χ2n) is 4.68. The maximum Gasteiger partial charge on any atom is 0.132 e. The minimum absolute atomic E-state index is 0.0777. The summed E-state index contributed by atoms with van der Waals surface area (Å²) in [4.78, 5) is 0. The zero-order valence-corrected chi connectivity index (χ0v) is 11.8. The van der Waals surface area contributed by atoms with Gasteiger partial charge in [-0.05, 0) is 32.2 Å². The Kier molecular flexibility index (Phi) is 4.85. The molecule has 0 saturated carbocycles. The van der Waals surface area contributed by atoms with E-state index in [1.807, 2.05) is 6.92 Å². The molecule has 2 nitrogen and oxygen atoms in total. The second-order valence-corrected chi connectivity index (χ2v) is 4.68. The number of nitrogens with one attached hydrogen (secondary N) is 1. The summed E-state index contributed by atoms with van der Waals surface area (Å²) < 4.78 is 45.9. The minimum atomic E-state index is -0.686. The highest BCUT2D eigenvalue weighted by atomic mass is 19.1. The van der Waals surface area contributed by atoms with Crippen LogP contribution in [0, 0.1) is 17.5 Å². The first-order chi connectivity index (χ1) is 10.0. The molecule has 0 aliphatic heterocycles. The van der Waals surface area contributed by atoms with Crippen LogP contribution in [0.15, 0.2) is 36.4 Å². The molecule has 0 spiro atoms. The van der Waals surface area contributed by atoms with Gasteiger partial charge in [-0.3, -0.25) is 0 Å². The first kappa shape index (κ1) is 15.4. The van der Waals surface area contributed by atoms with Crippen LogP contribution >= 0.6 is 0 Å². The fraction of sp³-hybridized carbons (Fsp3) is 0.250. The summed E-state index contributed by atoms with van der Waals surface area (Å²) in [6.45, 7) is 1.58. The van der Waals surface area contributed by atoms with E-state index in [1.165, 1.54) is 18.2 Å². The molecule has 0 fully saturated rings. The number of rotatable bonds is 5. The number of halogens is 3. The Bertz CT molecular complexity index is 611. The van der Waals surface area contributed by atoms with Gasteiger partial charge in [0.15, 0.2) is 0 Å². The molecule has 0 amide bonds. The lowest BCUT2D eigenvalue weighted by molar-refractivity contribution is 0.286. The molecule has 1 N–H and O–H groups in total. The van der Waals surface area contributed by atoms with Gasteiger partial charge in [0.1, 0.15) is 29.8 Å². The SMILES string of the molecule is CNC(C)c1ccc(F)cc1OCc1c(F)cccc1F. The van der Waals surface area contributed by atoms with E-state index < -0.39 is 17.5 Å². The van der Waals surface area contributed by atoms with Gasteiger partial charge >= 0.3 is 0 Å². The standard InChI is InChI=1S/C16H16F3NO/c1-10(20-2)12-7-6-11(17)8-16(12)21-9-13-14(18)4-3-5-15(13)19/h3-8,10,20H,9H2,1-2H3. The minimum Gasteiger partial charge on any atom is -0.488 e. The van der Waals surface area contributed by atoms with Crippen LogP contribution in [-0.4, -0.2) is 7.05 Å². The number of ether oxygens (including phenoxy) is 1. The summed E-state index contributed by atoms with van der Waals surface area (Å²) in [5, 5.41) is 3.01. The Balaban J connectivity index is 2.25. The molecule has 2 aromatic rings. The highest BCUT2D eigenvalue weighted by Gasteiger charge is 2.14. The number of hydrogen-bond donors (Lipinski definition) is 1. The lowest BCUT2D eigenvalue weighted by Gasteiger charge is -2.17. The molecule has 21 heavy (non-hydrogen) atoms. The Morgan fingerprint density at radius 1 is 1.10 bits per heavy atom. The molecule has 0 bridgehead atoms. The topological polar surface area (TPSA) is 21.3 Å². The van der Waals surface area contributed by atoms with E-state index in [-0.39, 0.29) is 24.0 Å². The summed E-state index contributed by atoms with van der Waals surface area (Å²) in [5.74, 6) is -1.57. The fourth-order valence-corrected chi connectivity index (χ4v) is 1.97. The van der Waals surface area contributed by atoms with Crippen LogP contribution in [0.5, 0.6) is 5.75 Å². The van der Waals surface area contributed by atoms with Crippen molar-refractivity contribution < 1.29 is 17.9 Å². The van der Waals surface area contributed by atoms with Crippen LogP contribution in [0.3, 0.4) is 0 Å². The Morgan fingerprint density at radius 2 is 1.76 bits per heavy atom. The molecule has 0 saturated heterocycles. The third-order valence-corrected chi connectivity index (χ3v) is 3.31. The summed E-state index contributed by atoms with van der Waals surface area (Å²) in [7, 11) is 1.76. The third-order valence-electron chi connectivity index (χ3n) is 3.31. The summed E-state index contributed by atoms with van der Waals surface area (Å²) in [6, 6.07) is 7.64. The van der Waals surface area contributed by atoms with Crippen molar-refractivity contribution in [1.29, 1.82) is 0 Å². The number of hydrogen-bond acceptors (Lipinski definition) is 2. The fourth-order valence-electron chi connectivity index (χ4n) is 1.97. The summed E-state index contributed by atoms with van der Waals surface area (Å²) in [6.07, 6.45) is 0. The van der Waals surface area contributed by atoms with Crippen LogP contribution in [0.1, 0.15) is 24.1 Å². The van der Waals surface area contributed by atoms with Crippen LogP contribution < -0.4 is 10.1 Å². The molecule has 0 aromatic heterocycles. The molecule has 0 radical (unpaired) electrons. The van der Waals surface area contributed by atoms with Crippen molar-refractivity contribution in [1.82, 2.24) is 5.32 Å². The quantitative estimate of drug-likeness (QED) is 0.901. The van der Waals surface area contributed by atoms with Gasteiger partial charge < -0.3 is 10.1 Å². The van der Waals surface area contributed by atoms with Crippen LogP contribution in [0.4, 0.5) is 13.2 Å². The van der Waals surface area contributed by atoms with Crippen molar-refractivity contribution in [2.24, 2.45) is 0 Å². The van der Waals surface area contributed by atoms with E-state index in [4.69, 9.17) is 4.74 Å². The van der Waals surface area contributed by atoms with Crippen molar-refractivity contribution in [3.63, 3.8) is 0 Å². The van der Waals surface area contributed by atoms with Crippen molar-refractivity contribution in [3.8, 4) is 5.75 Å². The van der Waals surface area contributed by atoms with E-state index in [0.717, 1.165) is 17.7 Å². The van der Waals surface area contributed by atoms with Crippen molar-refractivity contribution in [2.75, 3.05) is 7.05 Å². The van der Waals surface area contributed by atoms with E-state index in [9.17, 15) is 13.2 Å². The van der Waals surface area contributed by atoms with Crippen molar-refractivity contribution in [2.45, 2.75) is 19.6 Å². The lowest BCUT2D eigenvalue weighted by atomic mass is 10.1. The Labute approximate surface area is 121 Å². The highest BCUT2D eigenvalue weighted by Crippen LogP contribution is 2.27. The molecule has 1 unspecified atom stereocenters. The van der Waals surface area contributed by atoms with E-state index in [0.29, 0.717) is 0 Å².